The third kappa shape index (κ3) is 39.4. The Kier molecular flexibility index (Phi) is 38.7. The Labute approximate surface area is 330 Å². The molecule has 0 aromatic heterocycles. The largest absolute Gasteiger partial charge is 0.472 e. The highest BCUT2D eigenvalue weighted by atomic mass is 31.2. The second-order valence-corrected chi connectivity index (χ2v) is 15.4. The van der Waals surface area contributed by atoms with Crippen molar-refractivity contribution in [3.8, 4) is 0 Å². The summed E-state index contributed by atoms with van der Waals surface area (Å²) in [7, 11) is -4.30. The van der Waals surface area contributed by atoms with Crippen molar-refractivity contribution in [2.75, 3.05) is 19.8 Å². The van der Waals surface area contributed by atoms with Crippen molar-refractivity contribution in [1.29, 1.82) is 0 Å². The van der Waals surface area contributed by atoms with Gasteiger partial charge in [0.05, 0.1) is 13.2 Å². The molecule has 54 heavy (non-hydrogen) atoms. The molecule has 0 saturated heterocycles. The van der Waals surface area contributed by atoms with Crippen LogP contribution in [-0.4, -0.2) is 42.8 Å². The van der Waals surface area contributed by atoms with Crippen LogP contribution in [0, 0.1) is 0 Å². The van der Waals surface area contributed by atoms with Crippen molar-refractivity contribution in [3.63, 3.8) is 0 Å². The minimum absolute atomic E-state index is 0.0115. The number of carbonyl (C=O) groups excluding carboxylic acids is 2. The summed E-state index contributed by atoms with van der Waals surface area (Å²) < 4.78 is 32.6. The van der Waals surface area contributed by atoms with Crippen LogP contribution in [0.1, 0.15) is 188 Å². The monoisotopic (exact) mass is 779 g/mol. The first kappa shape index (κ1) is 51.8. The van der Waals surface area contributed by atoms with Crippen LogP contribution in [-0.2, 0) is 32.7 Å². The maximum Gasteiger partial charge on any atom is 0.472 e. The van der Waals surface area contributed by atoms with Crippen LogP contribution in [0.3, 0.4) is 0 Å². The number of carbonyl (C=O) groups is 2. The zero-order chi connectivity index (χ0) is 39.6. The first-order chi connectivity index (χ1) is 26.3. The number of phosphoric acid groups is 1. The Morgan fingerprint density at radius 1 is 0.519 bits per heavy atom. The lowest BCUT2D eigenvalue weighted by Gasteiger charge is -2.19. The van der Waals surface area contributed by atoms with Crippen LogP contribution >= 0.6 is 7.82 Å². The minimum Gasteiger partial charge on any atom is -0.462 e. The summed E-state index contributed by atoms with van der Waals surface area (Å²) in [6, 6.07) is 0. The van der Waals surface area contributed by atoms with Crippen molar-refractivity contribution >= 4 is 19.8 Å². The Hall–Kier alpha value is -2.25. The van der Waals surface area contributed by atoms with E-state index < -0.39 is 26.5 Å². The summed E-state index contributed by atoms with van der Waals surface area (Å²) >= 11 is 0. The molecule has 1 N–H and O–H groups in total. The number of rotatable bonds is 39. The summed E-state index contributed by atoms with van der Waals surface area (Å²) in [4.78, 5) is 34.7. The number of hydrogen-bond acceptors (Lipinski definition) is 7. The van der Waals surface area contributed by atoms with Gasteiger partial charge in [-0.2, -0.15) is 0 Å². The lowest BCUT2D eigenvalue weighted by Crippen LogP contribution is -2.29. The van der Waals surface area contributed by atoms with Crippen LogP contribution in [0.25, 0.3) is 0 Å². The molecule has 0 aliphatic carbocycles. The first-order valence-electron chi connectivity index (χ1n) is 21.6. The molecule has 0 fully saturated rings. The molecule has 312 valence electrons. The molecule has 9 heteroatoms. The molecule has 8 nitrogen and oxygen atoms in total. The van der Waals surface area contributed by atoms with Gasteiger partial charge in [-0.1, -0.05) is 177 Å². The molecule has 0 saturated carbocycles. The van der Waals surface area contributed by atoms with Gasteiger partial charge < -0.3 is 14.4 Å². The Balaban J connectivity index is 4.17. The fourth-order valence-electron chi connectivity index (χ4n) is 5.72. The molecule has 0 aliphatic heterocycles. The third-order valence-corrected chi connectivity index (χ3v) is 9.90. The number of allylic oxidation sites excluding steroid dienone is 10. The topological polar surface area (TPSA) is 108 Å². The van der Waals surface area contributed by atoms with Crippen molar-refractivity contribution in [2.24, 2.45) is 0 Å². The van der Waals surface area contributed by atoms with Crippen LogP contribution < -0.4 is 0 Å². The van der Waals surface area contributed by atoms with E-state index in [1.807, 2.05) is 6.08 Å². The molecular formula is C45H79O8P. The van der Waals surface area contributed by atoms with E-state index >= 15 is 0 Å². The van der Waals surface area contributed by atoms with Gasteiger partial charge in [-0.25, -0.2) is 4.57 Å². The van der Waals surface area contributed by atoms with Crippen molar-refractivity contribution < 1.29 is 37.6 Å². The van der Waals surface area contributed by atoms with Gasteiger partial charge >= 0.3 is 19.8 Å². The number of unbranched alkanes of at least 4 members (excludes halogenated alkanes) is 17. The second kappa shape index (κ2) is 40.4. The summed E-state index contributed by atoms with van der Waals surface area (Å²) in [6.07, 6.45) is 48.5. The molecule has 0 aliphatic rings. The SMILES string of the molecule is CC/C=C\C/C=C\C/C=C\C/C=C\C/C=C\CCCC(=O)OC(COC(=O)CCCCCCCCCCCCCCCCCCC)COP(=O)(O)OCC. The molecule has 0 bridgehead atoms. The van der Waals surface area contributed by atoms with E-state index in [2.05, 4.69) is 68.5 Å². The summed E-state index contributed by atoms with van der Waals surface area (Å²) in [5.74, 6) is -0.864. The van der Waals surface area contributed by atoms with Crippen LogP contribution in [0.15, 0.2) is 60.8 Å². The molecule has 0 heterocycles. The molecule has 2 atom stereocenters. The number of hydrogen-bond donors (Lipinski definition) is 1. The van der Waals surface area contributed by atoms with Crippen LogP contribution in [0.4, 0.5) is 0 Å². The summed E-state index contributed by atoms with van der Waals surface area (Å²) in [6.45, 7) is 5.30. The molecule has 0 aromatic carbocycles. The number of esters is 2. The lowest BCUT2D eigenvalue weighted by atomic mass is 10.0. The van der Waals surface area contributed by atoms with Crippen LogP contribution in [0.2, 0.25) is 0 Å². The maximum atomic E-state index is 12.5. The minimum atomic E-state index is -4.30. The summed E-state index contributed by atoms with van der Waals surface area (Å²) in [5, 5.41) is 0. The van der Waals surface area contributed by atoms with Crippen molar-refractivity contribution in [3.05, 3.63) is 60.8 Å². The number of ether oxygens (including phenoxy) is 2. The summed E-state index contributed by atoms with van der Waals surface area (Å²) in [5.41, 5.74) is 0. The highest BCUT2D eigenvalue weighted by Gasteiger charge is 2.25. The standard InChI is InChI=1S/C45H79O8P/c1-4-7-9-11-13-15-17-19-21-23-25-27-29-31-33-35-37-39-44(46)50-41-43(42-52-54(48,49)51-6-3)53-45(47)40-38-36-34-32-30-28-26-24-22-20-18-16-14-12-10-8-5-2/h8,10,14,16,20,22,26,28,32,34,43H,4-7,9,11-13,15,17-19,21,23-25,27,29-31,33,35-42H2,1-3H3,(H,48,49)/b10-8-,16-14-,22-20-,28-26-,34-32-. The predicted molar refractivity (Wildman–Crippen MR) is 225 cm³/mol. The molecule has 0 rings (SSSR count). The van der Waals surface area contributed by atoms with Gasteiger partial charge in [-0.15, -0.1) is 0 Å². The van der Waals surface area contributed by atoms with E-state index in [0.717, 1.165) is 51.4 Å². The zero-order valence-corrected chi connectivity index (χ0v) is 35.5. The smallest absolute Gasteiger partial charge is 0.462 e. The van der Waals surface area contributed by atoms with Gasteiger partial charge in [0, 0.05) is 12.8 Å². The average Bonchev–Trinajstić information content (AvgIpc) is 3.15. The highest BCUT2D eigenvalue weighted by Crippen LogP contribution is 2.43. The molecular weight excluding hydrogens is 699 g/mol. The Morgan fingerprint density at radius 2 is 0.944 bits per heavy atom. The fraction of sp³-hybridized carbons (Fsp3) is 0.733. The third-order valence-electron chi connectivity index (χ3n) is 8.84. The van der Waals surface area contributed by atoms with E-state index in [1.54, 1.807) is 6.92 Å². The van der Waals surface area contributed by atoms with Gasteiger partial charge in [0.2, 0.25) is 0 Å². The van der Waals surface area contributed by atoms with Gasteiger partial charge in [0.15, 0.2) is 6.10 Å². The quantitative estimate of drug-likeness (QED) is 0.0284. The first-order valence-corrected chi connectivity index (χ1v) is 23.1. The molecule has 0 aromatic rings. The average molecular weight is 779 g/mol. The maximum absolute atomic E-state index is 12.5. The van der Waals surface area contributed by atoms with E-state index in [4.69, 9.17) is 18.5 Å². The van der Waals surface area contributed by atoms with E-state index in [9.17, 15) is 19.0 Å². The molecule has 2 unspecified atom stereocenters. The van der Waals surface area contributed by atoms with Gasteiger partial charge in [0.1, 0.15) is 6.61 Å². The van der Waals surface area contributed by atoms with Gasteiger partial charge in [0.25, 0.3) is 0 Å². The van der Waals surface area contributed by atoms with E-state index in [1.165, 1.54) is 89.9 Å². The van der Waals surface area contributed by atoms with E-state index in [0.29, 0.717) is 12.8 Å². The lowest BCUT2D eigenvalue weighted by molar-refractivity contribution is -0.161. The van der Waals surface area contributed by atoms with Crippen molar-refractivity contribution in [2.45, 2.75) is 194 Å². The molecule has 0 radical (unpaired) electrons. The second-order valence-electron chi connectivity index (χ2n) is 14.0. The number of phosphoric ester groups is 1. The zero-order valence-electron chi connectivity index (χ0n) is 34.6. The Bertz CT molecular complexity index is 1060. The Morgan fingerprint density at radius 3 is 1.41 bits per heavy atom. The van der Waals surface area contributed by atoms with Gasteiger partial charge in [-0.3, -0.25) is 18.6 Å². The molecule has 0 spiro atoms. The highest BCUT2D eigenvalue weighted by molar-refractivity contribution is 7.47. The van der Waals surface area contributed by atoms with Crippen LogP contribution in [0.5, 0.6) is 0 Å². The normalized spacial score (nSPS) is 13.9. The van der Waals surface area contributed by atoms with Crippen molar-refractivity contribution in [1.82, 2.24) is 0 Å². The molecule has 0 amide bonds. The van der Waals surface area contributed by atoms with E-state index in [-0.39, 0.29) is 32.0 Å². The fourth-order valence-corrected chi connectivity index (χ4v) is 6.48. The van der Waals surface area contributed by atoms with Gasteiger partial charge in [-0.05, 0) is 58.3 Å². The predicted octanol–water partition coefficient (Wildman–Crippen LogP) is 13.6.